The van der Waals surface area contributed by atoms with Crippen LogP contribution in [-0.4, -0.2) is 34.6 Å². The maximum Gasteiger partial charge on any atom is 0.126 e. The summed E-state index contributed by atoms with van der Waals surface area (Å²) in [6.45, 7) is 3.20. The molecular weight excluding hydrogens is 206 g/mol. The van der Waals surface area contributed by atoms with Crippen molar-refractivity contribution in [3.8, 4) is 0 Å². The lowest BCUT2D eigenvalue weighted by molar-refractivity contribution is 0.333. The predicted molar refractivity (Wildman–Crippen MR) is 64.7 cm³/mol. The normalized spacial score (nSPS) is 16.5. The molecule has 1 fully saturated rings. The Labute approximate surface area is 95.5 Å². The quantitative estimate of drug-likeness (QED) is 0.781. The molecule has 4 heteroatoms. The molecule has 0 unspecified atom stereocenters. The van der Waals surface area contributed by atoms with Gasteiger partial charge in [-0.05, 0) is 38.1 Å². The summed E-state index contributed by atoms with van der Waals surface area (Å²) in [7, 11) is 0. The molecule has 1 aliphatic rings. The van der Waals surface area contributed by atoms with Crippen LogP contribution in [0.4, 0.5) is 0 Å². The lowest BCUT2D eigenvalue weighted by Crippen LogP contribution is -2.35. The zero-order valence-electron chi connectivity index (χ0n) is 8.65. The van der Waals surface area contributed by atoms with Gasteiger partial charge < -0.3 is 5.32 Å². The highest BCUT2D eigenvalue weighted by Gasteiger charge is 2.11. The van der Waals surface area contributed by atoms with Crippen molar-refractivity contribution >= 4 is 17.2 Å². The summed E-state index contributed by atoms with van der Waals surface area (Å²) in [6.07, 6.45) is 4.37. The molecule has 1 aromatic rings. The maximum absolute atomic E-state index is 5.25. The van der Waals surface area contributed by atoms with Crippen molar-refractivity contribution in [3.63, 3.8) is 0 Å². The van der Waals surface area contributed by atoms with E-state index in [0.717, 1.165) is 17.4 Å². The molecule has 0 bridgehead atoms. The van der Waals surface area contributed by atoms with Crippen LogP contribution in [-0.2, 0) is 0 Å². The van der Waals surface area contributed by atoms with E-state index in [1.54, 1.807) is 6.20 Å². The van der Waals surface area contributed by atoms with Crippen molar-refractivity contribution in [2.24, 2.45) is 0 Å². The van der Waals surface area contributed by atoms with E-state index in [4.69, 9.17) is 12.2 Å². The fraction of sp³-hybridized carbons (Fsp3) is 0.455. The molecular formula is C11H15N3S. The van der Waals surface area contributed by atoms with Gasteiger partial charge >= 0.3 is 0 Å². The molecule has 2 rings (SSSR count). The van der Waals surface area contributed by atoms with E-state index in [2.05, 4.69) is 15.2 Å². The van der Waals surface area contributed by atoms with Gasteiger partial charge in [-0.1, -0.05) is 18.3 Å². The fourth-order valence-corrected chi connectivity index (χ4v) is 1.90. The van der Waals surface area contributed by atoms with Crippen molar-refractivity contribution in [2.75, 3.05) is 19.8 Å². The Bertz CT molecular complexity index is 320. The molecule has 15 heavy (non-hydrogen) atoms. The van der Waals surface area contributed by atoms with E-state index in [1.165, 1.54) is 25.9 Å². The third kappa shape index (κ3) is 2.97. The monoisotopic (exact) mass is 221 g/mol. The number of nitrogens with one attached hydrogen (secondary N) is 1. The van der Waals surface area contributed by atoms with Crippen LogP contribution >= 0.6 is 12.2 Å². The number of aromatic nitrogens is 1. The fourth-order valence-electron chi connectivity index (χ4n) is 1.71. The standard InChI is InChI=1S/C11H15N3S/c15-11(10-5-1-2-6-12-10)13-9-14-7-3-4-8-14/h1-2,5-6H,3-4,7-9H2,(H,13,15). The van der Waals surface area contributed by atoms with Crippen LogP contribution in [0.1, 0.15) is 18.5 Å². The smallest absolute Gasteiger partial charge is 0.126 e. The van der Waals surface area contributed by atoms with Gasteiger partial charge in [0.15, 0.2) is 0 Å². The van der Waals surface area contributed by atoms with Crippen LogP contribution in [0.2, 0.25) is 0 Å². The van der Waals surface area contributed by atoms with Crippen LogP contribution in [0, 0.1) is 0 Å². The summed E-state index contributed by atoms with van der Waals surface area (Å²) in [6, 6.07) is 5.78. The van der Waals surface area contributed by atoms with Crippen LogP contribution in [0.25, 0.3) is 0 Å². The molecule has 0 spiro atoms. The molecule has 1 aliphatic heterocycles. The molecule has 80 valence electrons. The predicted octanol–water partition coefficient (Wildman–Crippen LogP) is 1.40. The van der Waals surface area contributed by atoms with E-state index in [0.29, 0.717) is 0 Å². The Morgan fingerprint density at radius 2 is 2.20 bits per heavy atom. The third-order valence-corrected chi connectivity index (χ3v) is 2.91. The van der Waals surface area contributed by atoms with Gasteiger partial charge in [0.1, 0.15) is 4.99 Å². The minimum Gasteiger partial charge on any atom is -0.362 e. The van der Waals surface area contributed by atoms with E-state index in [9.17, 15) is 0 Å². The number of nitrogens with zero attached hydrogens (tertiary/aromatic N) is 2. The summed E-state index contributed by atoms with van der Waals surface area (Å²) in [5.41, 5.74) is 0.853. The molecule has 0 aromatic carbocycles. The Kier molecular flexibility index (Phi) is 3.64. The molecule has 0 aliphatic carbocycles. The first-order chi connectivity index (χ1) is 7.36. The van der Waals surface area contributed by atoms with Gasteiger partial charge in [-0.15, -0.1) is 0 Å². The summed E-state index contributed by atoms with van der Waals surface area (Å²) < 4.78 is 0. The molecule has 0 atom stereocenters. The lowest BCUT2D eigenvalue weighted by atomic mass is 10.3. The molecule has 1 N–H and O–H groups in total. The molecule has 0 amide bonds. The highest BCUT2D eigenvalue weighted by atomic mass is 32.1. The number of hydrogen-bond acceptors (Lipinski definition) is 3. The van der Waals surface area contributed by atoms with Crippen LogP contribution in [0.3, 0.4) is 0 Å². The molecule has 0 saturated carbocycles. The second kappa shape index (κ2) is 5.19. The largest absolute Gasteiger partial charge is 0.362 e. The highest BCUT2D eigenvalue weighted by molar-refractivity contribution is 7.80. The first-order valence-electron chi connectivity index (χ1n) is 5.28. The van der Waals surface area contributed by atoms with Gasteiger partial charge in [0.05, 0.1) is 12.4 Å². The second-order valence-electron chi connectivity index (χ2n) is 3.70. The van der Waals surface area contributed by atoms with Gasteiger partial charge in [-0.3, -0.25) is 9.88 Å². The molecule has 1 aromatic heterocycles. The van der Waals surface area contributed by atoms with E-state index < -0.39 is 0 Å². The topological polar surface area (TPSA) is 28.2 Å². The van der Waals surface area contributed by atoms with Crippen molar-refractivity contribution in [1.82, 2.24) is 15.2 Å². The van der Waals surface area contributed by atoms with Gasteiger partial charge in [-0.25, -0.2) is 0 Å². The molecule has 2 heterocycles. The second-order valence-corrected chi connectivity index (χ2v) is 4.11. The van der Waals surface area contributed by atoms with Crippen molar-refractivity contribution in [3.05, 3.63) is 30.1 Å². The van der Waals surface area contributed by atoms with Gasteiger partial charge in [0, 0.05) is 6.20 Å². The molecule has 0 radical (unpaired) electrons. The summed E-state index contributed by atoms with van der Waals surface area (Å²) in [5.74, 6) is 0. The minimum atomic E-state index is 0.738. The van der Waals surface area contributed by atoms with Crippen LogP contribution < -0.4 is 5.32 Å². The van der Waals surface area contributed by atoms with E-state index >= 15 is 0 Å². The van der Waals surface area contributed by atoms with Crippen LogP contribution in [0.5, 0.6) is 0 Å². The minimum absolute atomic E-state index is 0.738. The zero-order chi connectivity index (χ0) is 10.5. The van der Waals surface area contributed by atoms with Crippen LogP contribution in [0.15, 0.2) is 24.4 Å². The van der Waals surface area contributed by atoms with E-state index in [-0.39, 0.29) is 0 Å². The Balaban J connectivity index is 1.82. The Hall–Kier alpha value is -1.00. The van der Waals surface area contributed by atoms with E-state index in [1.807, 2.05) is 18.2 Å². The van der Waals surface area contributed by atoms with Gasteiger partial charge in [0.2, 0.25) is 0 Å². The zero-order valence-corrected chi connectivity index (χ0v) is 9.46. The number of pyridine rings is 1. The van der Waals surface area contributed by atoms with Crippen molar-refractivity contribution < 1.29 is 0 Å². The first-order valence-corrected chi connectivity index (χ1v) is 5.69. The number of thiocarbonyl (C=S) groups is 1. The first kappa shape index (κ1) is 10.5. The summed E-state index contributed by atoms with van der Waals surface area (Å²) in [5, 5.41) is 3.24. The Morgan fingerprint density at radius 1 is 1.40 bits per heavy atom. The number of rotatable bonds is 3. The van der Waals surface area contributed by atoms with Gasteiger partial charge in [0.25, 0.3) is 0 Å². The Morgan fingerprint density at radius 3 is 2.87 bits per heavy atom. The average molecular weight is 221 g/mol. The SMILES string of the molecule is S=C(NCN1CCCC1)c1ccccn1. The van der Waals surface area contributed by atoms with Crippen molar-refractivity contribution in [1.29, 1.82) is 0 Å². The summed E-state index contributed by atoms with van der Waals surface area (Å²) >= 11 is 5.25. The molecule has 1 saturated heterocycles. The molecule has 3 nitrogen and oxygen atoms in total. The van der Waals surface area contributed by atoms with Crippen molar-refractivity contribution in [2.45, 2.75) is 12.8 Å². The highest BCUT2D eigenvalue weighted by Crippen LogP contribution is 2.05. The third-order valence-electron chi connectivity index (χ3n) is 2.56. The number of likely N-dealkylation sites (tertiary alicyclic amines) is 1. The van der Waals surface area contributed by atoms with Gasteiger partial charge in [-0.2, -0.15) is 0 Å². The average Bonchev–Trinajstić information content (AvgIpc) is 2.80. The number of hydrogen-bond donors (Lipinski definition) is 1. The summed E-state index contributed by atoms with van der Waals surface area (Å²) in [4.78, 5) is 7.31. The maximum atomic E-state index is 5.25. The lowest BCUT2D eigenvalue weighted by Gasteiger charge is -2.16.